The first kappa shape index (κ1) is 12.1. The minimum absolute atomic E-state index is 0.0742. The quantitative estimate of drug-likeness (QED) is 0.892. The van der Waals surface area contributed by atoms with Crippen LogP contribution in [0.15, 0.2) is 48.5 Å². The highest BCUT2D eigenvalue weighted by atomic mass is 16.3. The number of benzene rings is 2. The second-order valence-corrected chi connectivity index (χ2v) is 6.04. The summed E-state index contributed by atoms with van der Waals surface area (Å²) in [5.74, 6) is 0. The molecule has 2 aromatic carbocycles. The molecule has 0 saturated heterocycles. The van der Waals surface area contributed by atoms with Crippen LogP contribution >= 0.6 is 0 Å². The van der Waals surface area contributed by atoms with Gasteiger partial charge in [0, 0.05) is 5.54 Å². The van der Waals surface area contributed by atoms with E-state index in [1.165, 1.54) is 28.7 Å². The third kappa shape index (κ3) is 1.65. The van der Waals surface area contributed by atoms with E-state index in [9.17, 15) is 5.11 Å². The third-order valence-electron chi connectivity index (χ3n) is 4.90. The molecule has 2 aromatic rings. The van der Waals surface area contributed by atoms with Gasteiger partial charge in [0.15, 0.2) is 0 Å². The monoisotopic (exact) mass is 265 g/mol. The molecule has 2 aliphatic carbocycles. The van der Waals surface area contributed by atoms with Gasteiger partial charge < -0.3 is 5.11 Å². The van der Waals surface area contributed by atoms with Gasteiger partial charge in [-0.3, -0.25) is 5.32 Å². The van der Waals surface area contributed by atoms with Gasteiger partial charge in [-0.15, -0.1) is 0 Å². The summed E-state index contributed by atoms with van der Waals surface area (Å²) in [4.78, 5) is 0. The standard InChI is InChI=1S/C18H19NO/c20-12-18(10-5-11-18)19-17-15-8-3-1-6-13(15)14-7-2-4-9-16(14)17/h1-4,6-9,17,19-20H,5,10-12H2. The lowest BCUT2D eigenvalue weighted by Gasteiger charge is -2.43. The van der Waals surface area contributed by atoms with Gasteiger partial charge in [0.25, 0.3) is 0 Å². The van der Waals surface area contributed by atoms with Gasteiger partial charge in [0.05, 0.1) is 12.6 Å². The Balaban J connectivity index is 1.79. The van der Waals surface area contributed by atoms with E-state index in [4.69, 9.17) is 0 Å². The second-order valence-electron chi connectivity index (χ2n) is 6.04. The maximum Gasteiger partial charge on any atom is 0.0613 e. The molecule has 4 rings (SSSR count). The molecule has 2 N–H and O–H groups in total. The predicted molar refractivity (Wildman–Crippen MR) is 80.5 cm³/mol. The zero-order valence-corrected chi connectivity index (χ0v) is 11.5. The molecule has 0 bridgehead atoms. The van der Waals surface area contributed by atoms with Crippen LogP contribution in [-0.2, 0) is 0 Å². The fraction of sp³-hybridized carbons (Fsp3) is 0.333. The smallest absolute Gasteiger partial charge is 0.0613 e. The highest BCUT2D eigenvalue weighted by Crippen LogP contribution is 2.45. The van der Waals surface area contributed by atoms with Crippen molar-refractivity contribution in [1.82, 2.24) is 5.32 Å². The maximum atomic E-state index is 9.73. The van der Waals surface area contributed by atoms with Crippen molar-refractivity contribution in [2.24, 2.45) is 0 Å². The predicted octanol–water partition coefficient (Wildman–Crippen LogP) is 3.26. The van der Waals surface area contributed by atoms with E-state index in [0.717, 1.165) is 12.8 Å². The van der Waals surface area contributed by atoms with Crippen LogP contribution in [-0.4, -0.2) is 17.3 Å². The van der Waals surface area contributed by atoms with Crippen LogP contribution in [0.1, 0.15) is 36.4 Å². The Labute approximate surface area is 119 Å². The average molecular weight is 265 g/mol. The summed E-state index contributed by atoms with van der Waals surface area (Å²) in [7, 11) is 0. The Morgan fingerprint density at radius 1 is 0.950 bits per heavy atom. The van der Waals surface area contributed by atoms with Gasteiger partial charge in [-0.1, -0.05) is 48.5 Å². The molecule has 1 saturated carbocycles. The van der Waals surface area contributed by atoms with E-state index in [1.807, 2.05) is 0 Å². The van der Waals surface area contributed by atoms with E-state index in [1.54, 1.807) is 0 Å². The molecule has 2 heteroatoms. The summed E-state index contributed by atoms with van der Waals surface area (Å²) < 4.78 is 0. The van der Waals surface area contributed by atoms with Gasteiger partial charge >= 0.3 is 0 Å². The highest BCUT2D eigenvalue weighted by Gasteiger charge is 2.40. The van der Waals surface area contributed by atoms with Crippen molar-refractivity contribution in [2.75, 3.05) is 6.61 Å². The van der Waals surface area contributed by atoms with Crippen LogP contribution in [0.4, 0.5) is 0 Å². The molecule has 0 aromatic heterocycles. The molecule has 20 heavy (non-hydrogen) atoms. The van der Waals surface area contributed by atoms with Gasteiger partial charge in [-0.05, 0) is 41.5 Å². The molecule has 0 unspecified atom stereocenters. The van der Waals surface area contributed by atoms with E-state index in [0.29, 0.717) is 0 Å². The topological polar surface area (TPSA) is 32.3 Å². The summed E-state index contributed by atoms with van der Waals surface area (Å²) in [6, 6.07) is 17.4. The van der Waals surface area contributed by atoms with Crippen LogP contribution < -0.4 is 5.32 Å². The Morgan fingerprint density at radius 2 is 1.50 bits per heavy atom. The molecule has 0 atom stereocenters. The van der Waals surface area contributed by atoms with Crippen LogP contribution in [0, 0.1) is 0 Å². The molecule has 0 radical (unpaired) electrons. The zero-order chi connectivity index (χ0) is 13.6. The molecule has 1 fully saturated rings. The number of hydrogen-bond donors (Lipinski definition) is 2. The van der Waals surface area contributed by atoms with Crippen LogP contribution in [0.3, 0.4) is 0 Å². The average Bonchev–Trinajstić information content (AvgIpc) is 2.77. The zero-order valence-electron chi connectivity index (χ0n) is 11.5. The minimum Gasteiger partial charge on any atom is -0.394 e. The summed E-state index contributed by atoms with van der Waals surface area (Å²) in [5.41, 5.74) is 5.26. The van der Waals surface area contributed by atoms with Crippen molar-refractivity contribution < 1.29 is 5.11 Å². The van der Waals surface area contributed by atoms with Gasteiger partial charge in [-0.25, -0.2) is 0 Å². The first-order chi connectivity index (χ1) is 9.83. The molecular formula is C18H19NO. The van der Waals surface area contributed by atoms with E-state index in [2.05, 4.69) is 53.8 Å². The number of rotatable bonds is 3. The first-order valence-corrected chi connectivity index (χ1v) is 7.40. The fourth-order valence-electron chi connectivity index (χ4n) is 3.57. The number of hydrogen-bond acceptors (Lipinski definition) is 2. The molecule has 0 heterocycles. The second kappa shape index (κ2) is 4.44. The van der Waals surface area contributed by atoms with Gasteiger partial charge in [0.1, 0.15) is 0 Å². The Hall–Kier alpha value is -1.64. The number of aliphatic hydroxyl groups excluding tert-OH is 1. The van der Waals surface area contributed by atoms with E-state index < -0.39 is 0 Å². The van der Waals surface area contributed by atoms with Gasteiger partial charge in [0.2, 0.25) is 0 Å². The summed E-state index contributed by atoms with van der Waals surface area (Å²) in [6.45, 7) is 0.230. The van der Waals surface area contributed by atoms with E-state index in [-0.39, 0.29) is 18.2 Å². The molecule has 0 aliphatic heterocycles. The lowest BCUT2D eigenvalue weighted by molar-refractivity contribution is 0.0816. The molecule has 2 nitrogen and oxygen atoms in total. The Kier molecular flexibility index (Phi) is 2.69. The highest BCUT2D eigenvalue weighted by molar-refractivity contribution is 5.78. The number of aliphatic hydroxyl groups is 1. The van der Waals surface area contributed by atoms with Crippen molar-refractivity contribution in [3.8, 4) is 11.1 Å². The lowest BCUT2D eigenvalue weighted by atomic mass is 9.76. The van der Waals surface area contributed by atoms with Crippen molar-refractivity contribution in [3.05, 3.63) is 59.7 Å². The van der Waals surface area contributed by atoms with Gasteiger partial charge in [-0.2, -0.15) is 0 Å². The number of nitrogens with one attached hydrogen (secondary N) is 1. The summed E-state index contributed by atoms with van der Waals surface area (Å²) >= 11 is 0. The van der Waals surface area contributed by atoms with Crippen molar-refractivity contribution in [3.63, 3.8) is 0 Å². The van der Waals surface area contributed by atoms with Crippen LogP contribution in [0.5, 0.6) is 0 Å². The normalized spacial score (nSPS) is 19.2. The molecular weight excluding hydrogens is 246 g/mol. The maximum absolute atomic E-state index is 9.73. The molecule has 0 amide bonds. The SMILES string of the molecule is OCC1(NC2c3ccccc3-c3ccccc32)CCC1. The van der Waals surface area contributed by atoms with Crippen LogP contribution in [0.2, 0.25) is 0 Å². The van der Waals surface area contributed by atoms with Crippen LogP contribution in [0.25, 0.3) is 11.1 Å². The fourth-order valence-corrected chi connectivity index (χ4v) is 3.57. The summed E-state index contributed by atoms with van der Waals surface area (Å²) in [5, 5.41) is 13.5. The van der Waals surface area contributed by atoms with Crippen molar-refractivity contribution in [2.45, 2.75) is 30.8 Å². The van der Waals surface area contributed by atoms with E-state index >= 15 is 0 Å². The molecule has 2 aliphatic rings. The largest absolute Gasteiger partial charge is 0.394 e. The first-order valence-electron chi connectivity index (χ1n) is 7.40. The lowest BCUT2D eigenvalue weighted by Crippen LogP contribution is -2.54. The Morgan fingerprint density at radius 3 is 1.95 bits per heavy atom. The third-order valence-corrected chi connectivity index (χ3v) is 4.90. The summed E-state index contributed by atoms with van der Waals surface area (Å²) in [6.07, 6.45) is 3.36. The Bertz CT molecular complexity index is 594. The van der Waals surface area contributed by atoms with Crippen molar-refractivity contribution >= 4 is 0 Å². The molecule has 102 valence electrons. The molecule has 0 spiro atoms. The van der Waals surface area contributed by atoms with Crippen molar-refractivity contribution in [1.29, 1.82) is 0 Å². The number of fused-ring (bicyclic) bond motifs is 3. The minimum atomic E-state index is -0.0742.